The van der Waals surface area contributed by atoms with Gasteiger partial charge in [0.2, 0.25) is 5.91 Å². The van der Waals surface area contributed by atoms with Crippen LogP contribution in [0.3, 0.4) is 0 Å². The van der Waals surface area contributed by atoms with E-state index in [1.165, 1.54) is 36.8 Å². The van der Waals surface area contributed by atoms with E-state index in [2.05, 4.69) is 4.90 Å². The van der Waals surface area contributed by atoms with E-state index in [9.17, 15) is 41.1 Å². The lowest BCUT2D eigenvalue weighted by atomic mass is 10.0. The maximum Gasteiger partial charge on any atom is 0.416 e. The van der Waals surface area contributed by atoms with E-state index in [0.717, 1.165) is 67.4 Å². The molecule has 5 aromatic rings. The van der Waals surface area contributed by atoms with Gasteiger partial charge in [-0.1, -0.05) is 61.0 Å². The molecule has 1 amide bonds. The van der Waals surface area contributed by atoms with Crippen molar-refractivity contribution in [3.63, 3.8) is 0 Å². The molecule has 2 unspecified atom stereocenters. The highest BCUT2D eigenvalue weighted by Gasteiger charge is 2.30. The maximum absolute atomic E-state index is 14.6. The molecule has 11 nitrogen and oxygen atoms in total. The zero-order valence-electron chi connectivity index (χ0n) is 33.2. The van der Waals surface area contributed by atoms with Crippen LogP contribution in [0.5, 0.6) is 0 Å². The number of likely N-dealkylation sites (tertiary alicyclic amines) is 1. The van der Waals surface area contributed by atoms with Gasteiger partial charge in [0.15, 0.2) is 29.3 Å². The van der Waals surface area contributed by atoms with Crippen LogP contribution >= 0.6 is 0 Å². The molecule has 324 valence electrons. The first-order valence-electron chi connectivity index (χ1n) is 19.6. The van der Waals surface area contributed by atoms with Gasteiger partial charge < -0.3 is 29.9 Å². The van der Waals surface area contributed by atoms with E-state index in [-0.39, 0.29) is 36.3 Å². The number of rotatable bonds is 14. The fraction of sp³-hybridized carbons (Fsp3) is 0.333. The van der Waals surface area contributed by atoms with Crippen LogP contribution in [-0.2, 0) is 53.0 Å². The number of piperidine rings is 1. The standard InChI is InChI=1S/C41H40F5N3O2.C4H6O6/c1-2-48(26-28-9-12-30(13-10-28)31-14-17-33(18-15-31)41(44,45)46)39(51)27-49-34(19-16-32-7-6-8-36(42)40(32)43)24-38(50)35-20-11-29(23-37(35)49)25-47-21-4-3-5-22-47;5-1(3(7)8)2(6)4(9)10/h6-15,17-18,20,23-24H,2-5,16,19,21-22,25-27H2,1H3;1-2,5-6H,(H,7,8)(H,9,10). The molecule has 4 aromatic carbocycles. The monoisotopic (exact) mass is 851 g/mol. The molecule has 16 heteroatoms. The summed E-state index contributed by atoms with van der Waals surface area (Å²) in [5.41, 5.74) is 3.72. The number of carbonyl (C=O) groups is 3. The number of pyridine rings is 1. The number of nitrogens with zero attached hydrogens (tertiary/aromatic N) is 3. The van der Waals surface area contributed by atoms with Crippen LogP contribution in [0.25, 0.3) is 22.0 Å². The molecule has 1 aromatic heterocycles. The van der Waals surface area contributed by atoms with Gasteiger partial charge in [-0.2, -0.15) is 13.2 Å². The van der Waals surface area contributed by atoms with E-state index in [0.29, 0.717) is 35.2 Å². The number of halogens is 5. The second kappa shape index (κ2) is 20.5. The van der Waals surface area contributed by atoms with Crippen LogP contribution in [0, 0.1) is 11.6 Å². The highest BCUT2D eigenvalue weighted by Crippen LogP contribution is 2.31. The smallest absolute Gasteiger partial charge is 0.416 e. The zero-order chi connectivity index (χ0) is 44.4. The molecule has 0 aliphatic carbocycles. The molecule has 0 bridgehead atoms. The van der Waals surface area contributed by atoms with Gasteiger partial charge in [-0.3, -0.25) is 14.5 Å². The van der Waals surface area contributed by atoms with Crippen LogP contribution in [-0.4, -0.2) is 84.5 Å². The van der Waals surface area contributed by atoms with Gasteiger partial charge in [0.1, 0.15) is 6.54 Å². The number of fused-ring (bicyclic) bond motifs is 1. The predicted molar refractivity (Wildman–Crippen MR) is 216 cm³/mol. The third kappa shape index (κ3) is 12.1. The molecular weight excluding hydrogens is 805 g/mol. The summed E-state index contributed by atoms with van der Waals surface area (Å²) in [6.07, 6.45) is -5.10. The summed E-state index contributed by atoms with van der Waals surface area (Å²) in [6, 6.07) is 23.6. The van der Waals surface area contributed by atoms with Crippen LogP contribution in [0.2, 0.25) is 0 Å². The molecule has 4 N–H and O–H groups in total. The molecule has 1 aliphatic rings. The molecule has 0 spiro atoms. The number of carbonyl (C=O) groups excluding carboxylic acids is 1. The third-order valence-corrected chi connectivity index (χ3v) is 10.5. The molecule has 6 rings (SSSR count). The van der Waals surface area contributed by atoms with Crippen molar-refractivity contribution in [2.45, 2.75) is 77.0 Å². The topological polar surface area (TPSA) is 161 Å². The molecule has 0 radical (unpaired) electrons. The highest BCUT2D eigenvalue weighted by molar-refractivity contribution is 5.84. The van der Waals surface area contributed by atoms with E-state index >= 15 is 0 Å². The second-order valence-corrected chi connectivity index (χ2v) is 14.7. The predicted octanol–water partition coefficient (Wildman–Crippen LogP) is 6.66. The fourth-order valence-electron chi connectivity index (χ4n) is 7.10. The number of carboxylic acid groups (broad SMARTS) is 2. The van der Waals surface area contributed by atoms with Gasteiger partial charge in [0.25, 0.3) is 0 Å². The van der Waals surface area contributed by atoms with Crippen molar-refractivity contribution in [1.29, 1.82) is 0 Å². The Hall–Kier alpha value is -5.97. The number of aliphatic carboxylic acids is 2. The minimum atomic E-state index is -4.41. The van der Waals surface area contributed by atoms with E-state index in [1.54, 1.807) is 4.90 Å². The lowest BCUT2D eigenvalue weighted by molar-refractivity contribution is -0.165. The SMILES string of the molecule is CCN(Cc1ccc(-c2ccc(C(F)(F)F)cc2)cc1)C(=O)Cn1c(CCc2cccc(F)c2F)cc(=O)c2ccc(CN3CCCCC3)cc21.O=C(O)C(O)C(O)C(=O)O. The van der Waals surface area contributed by atoms with Crippen LogP contribution in [0.15, 0.2) is 95.8 Å². The Morgan fingerprint density at radius 2 is 1.36 bits per heavy atom. The number of hydrogen-bond acceptors (Lipinski definition) is 7. The Morgan fingerprint density at radius 3 is 1.93 bits per heavy atom. The quantitative estimate of drug-likeness (QED) is 0.0896. The Bertz CT molecular complexity index is 2360. The normalized spacial score (nSPS) is 14.2. The summed E-state index contributed by atoms with van der Waals surface area (Å²) in [5.74, 6) is -5.58. The minimum Gasteiger partial charge on any atom is -0.479 e. The Balaban J connectivity index is 0.000000626. The van der Waals surface area contributed by atoms with Gasteiger partial charge in [-0.25, -0.2) is 18.4 Å². The summed E-state index contributed by atoms with van der Waals surface area (Å²) in [6.45, 7) is 5.23. The number of hydrogen-bond donors (Lipinski definition) is 4. The van der Waals surface area contributed by atoms with E-state index < -0.39 is 47.5 Å². The molecule has 1 fully saturated rings. The Labute approximate surface area is 347 Å². The summed E-state index contributed by atoms with van der Waals surface area (Å²) >= 11 is 0. The lowest BCUT2D eigenvalue weighted by Gasteiger charge is -2.27. The van der Waals surface area contributed by atoms with Crippen molar-refractivity contribution in [3.8, 4) is 11.1 Å². The molecular formula is C45H46F5N3O8. The number of aryl methyl sites for hydroxylation is 2. The first kappa shape index (κ1) is 46.1. The largest absolute Gasteiger partial charge is 0.479 e. The van der Waals surface area contributed by atoms with E-state index in [4.69, 9.17) is 20.4 Å². The van der Waals surface area contributed by atoms with Gasteiger partial charge in [0, 0.05) is 36.8 Å². The summed E-state index contributed by atoms with van der Waals surface area (Å²) < 4.78 is 69.5. The average Bonchev–Trinajstić information content (AvgIpc) is 3.24. The van der Waals surface area contributed by atoms with Gasteiger partial charge >= 0.3 is 18.1 Å². The number of aromatic nitrogens is 1. The average molecular weight is 852 g/mol. The number of benzene rings is 4. The lowest BCUT2D eigenvalue weighted by Crippen LogP contribution is -2.39. The maximum atomic E-state index is 14.6. The zero-order valence-corrected chi connectivity index (χ0v) is 33.2. The number of amides is 1. The first-order chi connectivity index (χ1) is 29.0. The van der Waals surface area contributed by atoms with Gasteiger partial charge in [-0.05, 0) is 104 Å². The summed E-state index contributed by atoms with van der Waals surface area (Å²) in [7, 11) is 0. The van der Waals surface area contributed by atoms with Crippen molar-refractivity contribution in [2.75, 3.05) is 19.6 Å². The van der Waals surface area contributed by atoms with Crippen molar-refractivity contribution in [3.05, 3.63) is 141 Å². The van der Waals surface area contributed by atoms with Crippen molar-refractivity contribution >= 4 is 28.7 Å². The van der Waals surface area contributed by atoms with E-state index in [1.807, 2.05) is 54.0 Å². The third-order valence-electron chi connectivity index (χ3n) is 10.5. The van der Waals surface area contributed by atoms with Crippen molar-refractivity contribution in [1.82, 2.24) is 14.4 Å². The fourth-order valence-corrected chi connectivity index (χ4v) is 7.10. The Kier molecular flexibility index (Phi) is 15.5. The molecule has 0 saturated carbocycles. The summed E-state index contributed by atoms with van der Waals surface area (Å²) in [4.78, 5) is 51.0. The van der Waals surface area contributed by atoms with Gasteiger partial charge in [0.05, 0.1) is 11.1 Å². The van der Waals surface area contributed by atoms with Gasteiger partial charge in [-0.15, -0.1) is 0 Å². The number of aliphatic hydroxyl groups excluding tert-OH is 2. The number of aliphatic hydroxyl groups is 2. The van der Waals surface area contributed by atoms with Crippen molar-refractivity contribution < 1.29 is 56.8 Å². The minimum absolute atomic E-state index is 0.0671. The molecule has 2 heterocycles. The number of alkyl halides is 3. The Morgan fingerprint density at radius 1 is 0.770 bits per heavy atom. The highest BCUT2D eigenvalue weighted by atomic mass is 19.4. The second-order valence-electron chi connectivity index (χ2n) is 14.7. The summed E-state index contributed by atoms with van der Waals surface area (Å²) in [5, 5.41) is 33.0. The number of carboxylic acids is 2. The van der Waals surface area contributed by atoms with Crippen LogP contribution in [0.1, 0.15) is 54.1 Å². The molecule has 2 atom stereocenters. The first-order valence-corrected chi connectivity index (χ1v) is 19.6. The molecule has 1 saturated heterocycles. The number of likely N-dealkylation sites (N-methyl/N-ethyl adjacent to an activating group) is 1. The molecule has 61 heavy (non-hydrogen) atoms. The van der Waals surface area contributed by atoms with Crippen LogP contribution < -0.4 is 5.43 Å². The van der Waals surface area contributed by atoms with Crippen LogP contribution in [0.4, 0.5) is 22.0 Å². The van der Waals surface area contributed by atoms with Crippen molar-refractivity contribution in [2.24, 2.45) is 0 Å². The molecule has 1 aliphatic heterocycles.